The van der Waals surface area contributed by atoms with E-state index in [1.54, 1.807) is 0 Å². The molecule has 1 fully saturated rings. The lowest BCUT2D eigenvalue weighted by Gasteiger charge is -2.22. The summed E-state index contributed by atoms with van der Waals surface area (Å²) < 4.78 is 18.9. The molecule has 7 heteroatoms. The van der Waals surface area contributed by atoms with Crippen LogP contribution in [0, 0.1) is 5.82 Å². The number of hydrogen-bond donors (Lipinski definition) is 1. The van der Waals surface area contributed by atoms with Gasteiger partial charge in [0.05, 0.1) is 13.0 Å². The molecule has 1 aliphatic heterocycles. The molecule has 0 saturated carbocycles. The molecule has 6 nitrogen and oxygen atoms in total. The van der Waals surface area contributed by atoms with Crippen molar-refractivity contribution < 1.29 is 18.7 Å². The Labute approximate surface area is 205 Å². The topological polar surface area (TPSA) is 61.9 Å². The number of amides is 2. The second-order valence-corrected chi connectivity index (χ2v) is 8.66. The van der Waals surface area contributed by atoms with Gasteiger partial charge in [-0.25, -0.2) is 4.39 Å². The fourth-order valence-electron chi connectivity index (χ4n) is 4.05. The zero-order chi connectivity index (χ0) is 24.5. The number of hydrogen-bond acceptors (Lipinski definition) is 4. The van der Waals surface area contributed by atoms with Crippen LogP contribution >= 0.6 is 0 Å². The highest BCUT2D eigenvalue weighted by Gasteiger charge is 2.20. The van der Waals surface area contributed by atoms with E-state index in [-0.39, 0.29) is 24.2 Å². The molecule has 0 unspecified atom stereocenters. The molecule has 0 radical (unpaired) electrons. The lowest BCUT2D eigenvalue weighted by atomic mass is 10.1. The summed E-state index contributed by atoms with van der Waals surface area (Å²) in [6.45, 7) is 3.38. The summed E-state index contributed by atoms with van der Waals surface area (Å²) >= 11 is 0. The highest BCUT2D eigenvalue weighted by molar-refractivity contribution is 5.92. The summed E-state index contributed by atoms with van der Waals surface area (Å²) in [6.07, 6.45) is 1.14. The molecule has 0 aromatic heterocycles. The van der Waals surface area contributed by atoms with E-state index in [2.05, 4.69) is 5.32 Å². The number of benzene rings is 3. The molecule has 1 N–H and O–H groups in total. The first-order valence-electron chi connectivity index (χ1n) is 11.9. The second kappa shape index (κ2) is 12.1. The number of rotatable bonds is 8. The second-order valence-electron chi connectivity index (χ2n) is 8.66. The number of anilines is 1. The third-order valence-corrected chi connectivity index (χ3v) is 5.96. The molecule has 3 aromatic rings. The molecule has 4 rings (SSSR count). The molecule has 1 heterocycles. The van der Waals surface area contributed by atoms with Gasteiger partial charge in [-0.3, -0.25) is 14.5 Å². The van der Waals surface area contributed by atoms with Crippen LogP contribution in [0.3, 0.4) is 0 Å². The van der Waals surface area contributed by atoms with Gasteiger partial charge in [-0.2, -0.15) is 0 Å². The lowest BCUT2D eigenvalue weighted by molar-refractivity contribution is -0.130. The Hall–Kier alpha value is -3.71. The van der Waals surface area contributed by atoms with E-state index >= 15 is 0 Å². The molecule has 0 atom stereocenters. The Morgan fingerprint density at radius 2 is 1.57 bits per heavy atom. The number of nitrogens with zero attached hydrogens (tertiary/aromatic N) is 2. The van der Waals surface area contributed by atoms with E-state index in [9.17, 15) is 14.0 Å². The van der Waals surface area contributed by atoms with Gasteiger partial charge < -0.3 is 15.0 Å². The van der Waals surface area contributed by atoms with Gasteiger partial charge >= 0.3 is 0 Å². The standard InChI is InChI=1S/C28H30FN3O3/c29-24-9-11-25(12-10-24)30-27(33)20-31-15-4-16-32(18-17-31)28(34)19-22-7-13-26(14-8-22)35-21-23-5-2-1-3-6-23/h1-3,5-14H,4,15-21H2,(H,30,33). The summed E-state index contributed by atoms with van der Waals surface area (Å²) in [6, 6.07) is 23.4. The summed E-state index contributed by atoms with van der Waals surface area (Å²) in [5.41, 5.74) is 2.62. The van der Waals surface area contributed by atoms with E-state index in [0.717, 1.165) is 29.8 Å². The van der Waals surface area contributed by atoms with E-state index < -0.39 is 0 Å². The lowest BCUT2D eigenvalue weighted by Crippen LogP contribution is -2.38. The van der Waals surface area contributed by atoms with E-state index in [1.807, 2.05) is 64.4 Å². The van der Waals surface area contributed by atoms with Crippen LogP contribution in [0.15, 0.2) is 78.9 Å². The molecule has 1 aliphatic rings. The molecule has 0 bridgehead atoms. The van der Waals surface area contributed by atoms with Gasteiger partial charge in [0.15, 0.2) is 0 Å². The molecule has 182 valence electrons. The summed E-state index contributed by atoms with van der Waals surface area (Å²) in [5, 5.41) is 2.79. The SMILES string of the molecule is O=C(CN1CCCN(C(=O)Cc2ccc(OCc3ccccc3)cc2)CC1)Nc1ccc(F)cc1. The predicted molar refractivity (Wildman–Crippen MR) is 134 cm³/mol. The molecular weight excluding hydrogens is 445 g/mol. The first kappa shape index (κ1) is 24.4. The Morgan fingerprint density at radius 1 is 0.829 bits per heavy atom. The van der Waals surface area contributed by atoms with Gasteiger partial charge in [-0.15, -0.1) is 0 Å². The molecule has 35 heavy (non-hydrogen) atoms. The number of halogens is 1. The molecule has 3 aromatic carbocycles. The summed E-state index contributed by atoms with van der Waals surface area (Å²) in [4.78, 5) is 29.2. The Bertz CT molecular complexity index is 1100. The van der Waals surface area contributed by atoms with Crippen LogP contribution in [0.5, 0.6) is 5.75 Å². The van der Waals surface area contributed by atoms with Crippen molar-refractivity contribution in [1.82, 2.24) is 9.80 Å². The van der Waals surface area contributed by atoms with Crippen LogP contribution in [0.25, 0.3) is 0 Å². The number of ether oxygens (including phenoxy) is 1. The van der Waals surface area contributed by atoms with Crippen molar-refractivity contribution in [2.75, 3.05) is 38.0 Å². The maximum Gasteiger partial charge on any atom is 0.238 e. The van der Waals surface area contributed by atoms with Crippen LogP contribution in [-0.4, -0.2) is 54.3 Å². The normalized spacial score (nSPS) is 14.3. The maximum atomic E-state index is 13.0. The largest absolute Gasteiger partial charge is 0.489 e. The van der Waals surface area contributed by atoms with Crippen molar-refractivity contribution in [2.24, 2.45) is 0 Å². The molecule has 1 saturated heterocycles. The van der Waals surface area contributed by atoms with Crippen LogP contribution in [-0.2, 0) is 22.6 Å². The van der Waals surface area contributed by atoms with Crippen LogP contribution in [0.2, 0.25) is 0 Å². The molecule has 0 spiro atoms. The molecular formula is C28H30FN3O3. The van der Waals surface area contributed by atoms with Gasteiger partial charge in [0.1, 0.15) is 18.2 Å². The Kier molecular flexibility index (Phi) is 8.46. The number of carbonyl (C=O) groups is 2. The molecule has 0 aliphatic carbocycles. The average Bonchev–Trinajstić information content (AvgIpc) is 3.11. The quantitative estimate of drug-likeness (QED) is 0.533. The number of carbonyl (C=O) groups excluding carboxylic acids is 2. The van der Waals surface area contributed by atoms with Crippen molar-refractivity contribution in [3.05, 3.63) is 95.8 Å². The zero-order valence-corrected chi connectivity index (χ0v) is 19.7. The first-order chi connectivity index (χ1) is 17.0. The first-order valence-corrected chi connectivity index (χ1v) is 11.9. The summed E-state index contributed by atoms with van der Waals surface area (Å²) in [7, 11) is 0. The number of nitrogens with one attached hydrogen (secondary N) is 1. The third kappa shape index (κ3) is 7.65. The highest BCUT2D eigenvalue weighted by atomic mass is 19.1. The van der Waals surface area contributed by atoms with E-state index in [4.69, 9.17) is 4.74 Å². The van der Waals surface area contributed by atoms with Gasteiger partial charge in [-0.1, -0.05) is 42.5 Å². The smallest absolute Gasteiger partial charge is 0.238 e. The fourth-order valence-corrected chi connectivity index (χ4v) is 4.05. The van der Waals surface area contributed by atoms with E-state index in [0.29, 0.717) is 38.3 Å². The van der Waals surface area contributed by atoms with Gasteiger partial charge in [-0.05, 0) is 53.9 Å². The average molecular weight is 476 g/mol. The summed E-state index contributed by atoms with van der Waals surface area (Å²) in [5.74, 6) is 0.369. The minimum Gasteiger partial charge on any atom is -0.489 e. The third-order valence-electron chi connectivity index (χ3n) is 5.96. The predicted octanol–water partition coefficient (Wildman–Crippen LogP) is 4.12. The minimum atomic E-state index is -0.340. The monoisotopic (exact) mass is 475 g/mol. The van der Waals surface area contributed by atoms with Crippen molar-refractivity contribution in [2.45, 2.75) is 19.4 Å². The van der Waals surface area contributed by atoms with E-state index in [1.165, 1.54) is 24.3 Å². The van der Waals surface area contributed by atoms with Crippen LogP contribution in [0.4, 0.5) is 10.1 Å². The Morgan fingerprint density at radius 3 is 2.31 bits per heavy atom. The molecule has 2 amide bonds. The highest BCUT2D eigenvalue weighted by Crippen LogP contribution is 2.16. The van der Waals surface area contributed by atoms with Crippen molar-refractivity contribution in [1.29, 1.82) is 0 Å². The van der Waals surface area contributed by atoms with Gasteiger partial charge in [0.25, 0.3) is 0 Å². The van der Waals surface area contributed by atoms with Crippen molar-refractivity contribution in [3.63, 3.8) is 0 Å². The fraction of sp³-hybridized carbons (Fsp3) is 0.286. The van der Waals surface area contributed by atoms with Crippen LogP contribution < -0.4 is 10.1 Å². The van der Waals surface area contributed by atoms with Crippen molar-refractivity contribution >= 4 is 17.5 Å². The van der Waals surface area contributed by atoms with Crippen LogP contribution in [0.1, 0.15) is 17.5 Å². The minimum absolute atomic E-state index is 0.0839. The Balaban J connectivity index is 1.21. The van der Waals surface area contributed by atoms with Gasteiger partial charge in [0.2, 0.25) is 11.8 Å². The van der Waals surface area contributed by atoms with Crippen molar-refractivity contribution in [3.8, 4) is 5.75 Å². The zero-order valence-electron chi connectivity index (χ0n) is 19.7. The van der Waals surface area contributed by atoms with Gasteiger partial charge in [0, 0.05) is 31.9 Å². The maximum absolute atomic E-state index is 13.0.